The number of imidazole rings is 1. The molecule has 0 aliphatic rings. The molecule has 0 saturated heterocycles. The van der Waals surface area contributed by atoms with Crippen molar-refractivity contribution in [2.24, 2.45) is 0 Å². The third-order valence-electron chi connectivity index (χ3n) is 3.47. The van der Waals surface area contributed by atoms with Gasteiger partial charge in [-0.05, 0) is 42.5 Å². The summed E-state index contributed by atoms with van der Waals surface area (Å²) in [6.45, 7) is 0. The van der Waals surface area contributed by atoms with Crippen LogP contribution in [0.15, 0.2) is 63.8 Å². The smallest absolute Gasteiger partial charge is 0.158 e. The van der Waals surface area contributed by atoms with Gasteiger partial charge in [0.05, 0.1) is 12.5 Å². The maximum atomic E-state index is 9.68. The molecule has 6 heteroatoms. The van der Waals surface area contributed by atoms with E-state index in [1.807, 2.05) is 6.07 Å². The number of hydrogen-bond acceptors (Lipinski definition) is 5. The first-order chi connectivity index (χ1) is 11.2. The van der Waals surface area contributed by atoms with Crippen molar-refractivity contribution < 1.29 is 19.0 Å². The number of nitrogens with one attached hydrogen (secondary N) is 1. The lowest BCUT2D eigenvalue weighted by molar-refractivity contribution is 0.404. The maximum absolute atomic E-state index is 9.68. The number of phenolic OH excluding ortho intramolecular Hbond substituents is 2. The van der Waals surface area contributed by atoms with Crippen LogP contribution >= 0.6 is 0 Å². The fourth-order valence-electron chi connectivity index (χ4n) is 2.37. The van der Waals surface area contributed by atoms with Crippen molar-refractivity contribution in [2.75, 3.05) is 0 Å². The number of hydrogen-bond donors (Lipinski definition) is 3. The third kappa shape index (κ3) is 2.26. The monoisotopic (exact) mass is 308 g/mol. The van der Waals surface area contributed by atoms with E-state index in [2.05, 4.69) is 9.97 Å². The molecule has 3 N–H and O–H groups in total. The van der Waals surface area contributed by atoms with E-state index >= 15 is 0 Å². The van der Waals surface area contributed by atoms with Crippen molar-refractivity contribution >= 4 is 0 Å². The van der Waals surface area contributed by atoms with Crippen LogP contribution in [-0.2, 0) is 0 Å². The van der Waals surface area contributed by atoms with Crippen LogP contribution in [0.4, 0.5) is 0 Å². The number of aromatic nitrogens is 2. The molecule has 6 nitrogen and oxygen atoms in total. The first kappa shape index (κ1) is 13.3. The number of aromatic amines is 1. The molecule has 0 fully saturated rings. The van der Waals surface area contributed by atoms with Crippen LogP contribution in [0.5, 0.6) is 11.5 Å². The maximum Gasteiger partial charge on any atom is 0.158 e. The molecule has 114 valence electrons. The number of aromatic hydroxyl groups is 2. The van der Waals surface area contributed by atoms with Crippen LogP contribution in [0.3, 0.4) is 0 Å². The molecule has 0 saturated carbocycles. The number of rotatable bonds is 3. The average Bonchev–Trinajstić information content (AvgIpc) is 3.30. The summed E-state index contributed by atoms with van der Waals surface area (Å²) in [4.78, 5) is 7.73. The molecule has 0 bridgehead atoms. The Bertz CT molecular complexity index is 886. The Morgan fingerprint density at radius 2 is 1.61 bits per heavy atom. The van der Waals surface area contributed by atoms with Crippen LogP contribution in [0.25, 0.3) is 34.3 Å². The molecule has 0 spiro atoms. The zero-order chi connectivity index (χ0) is 15.8. The first-order valence-corrected chi connectivity index (χ1v) is 6.92. The highest BCUT2D eigenvalue weighted by molar-refractivity contribution is 5.77. The normalized spacial score (nSPS) is 11.0. The third-order valence-corrected chi connectivity index (χ3v) is 3.47. The molecule has 3 heterocycles. The Labute approximate surface area is 130 Å². The van der Waals surface area contributed by atoms with Crippen LogP contribution in [0.1, 0.15) is 0 Å². The van der Waals surface area contributed by atoms with Gasteiger partial charge in [-0.25, -0.2) is 4.98 Å². The van der Waals surface area contributed by atoms with Crippen LogP contribution < -0.4 is 0 Å². The highest BCUT2D eigenvalue weighted by Crippen LogP contribution is 2.35. The van der Waals surface area contributed by atoms with Crippen LogP contribution in [0, 0.1) is 0 Å². The summed E-state index contributed by atoms with van der Waals surface area (Å²) in [5, 5.41) is 19.1. The number of benzene rings is 1. The number of phenols is 2. The Balaban J connectivity index is 1.89. The van der Waals surface area contributed by atoms with Gasteiger partial charge < -0.3 is 24.0 Å². The van der Waals surface area contributed by atoms with Crippen molar-refractivity contribution in [2.45, 2.75) is 0 Å². The number of nitrogens with zero attached hydrogens (tertiary/aromatic N) is 1. The quantitative estimate of drug-likeness (QED) is 0.497. The molecule has 3 aromatic heterocycles. The summed E-state index contributed by atoms with van der Waals surface area (Å²) in [6, 6.07) is 11.7. The zero-order valence-electron chi connectivity index (χ0n) is 11.9. The molecule has 0 radical (unpaired) electrons. The van der Waals surface area contributed by atoms with E-state index in [0.29, 0.717) is 34.3 Å². The van der Waals surface area contributed by atoms with E-state index in [1.54, 1.807) is 36.8 Å². The minimum Gasteiger partial charge on any atom is -0.504 e. The lowest BCUT2D eigenvalue weighted by Crippen LogP contribution is -1.81. The summed E-state index contributed by atoms with van der Waals surface area (Å²) in [7, 11) is 0. The van der Waals surface area contributed by atoms with E-state index in [0.717, 1.165) is 0 Å². The Kier molecular flexibility index (Phi) is 2.94. The average molecular weight is 308 g/mol. The number of furan rings is 2. The highest BCUT2D eigenvalue weighted by atomic mass is 16.3. The van der Waals surface area contributed by atoms with Gasteiger partial charge in [-0.3, -0.25) is 0 Å². The van der Waals surface area contributed by atoms with Gasteiger partial charge in [-0.2, -0.15) is 0 Å². The summed E-state index contributed by atoms with van der Waals surface area (Å²) in [6.07, 6.45) is 3.15. The molecular formula is C17H12N2O4. The van der Waals surface area contributed by atoms with Gasteiger partial charge in [0.25, 0.3) is 0 Å². The molecule has 0 amide bonds. The Morgan fingerprint density at radius 3 is 2.26 bits per heavy atom. The summed E-state index contributed by atoms with van der Waals surface area (Å²) in [5.74, 6) is 1.36. The Hall–Kier alpha value is -3.41. The van der Waals surface area contributed by atoms with E-state index in [9.17, 15) is 10.2 Å². The van der Waals surface area contributed by atoms with Gasteiger partial charge in [0.1, 0.15) is 17.2 Å². The zero-order valence-corrected chi connectivity index (χ0v) is 11.9. The fraction of sp³-hybridized carbons (Fsp3) is 0. The SMILES string of the molecule is Oc1ccc(-c2nc(-c3ccco3)c(-c3ccco3)[nH]2)cc1O. The van der Waals surface area contributed by atoms with Gasteiger partial charge >= 0.3 is 0 Å². The van der Waals surface area contributed by atoms with Gasteiger partial charge in [0, 0.05) is 5.56 Å². The van der Waals surface area contributed by atoms with Crippen LogP contribution in [0.2, 0.25) is 0 Å². The van der Waals surface area contributed by atoms with Gasteiger partial charge in [-0.15, -0.1) is 0 Å². The fourth-order valence-corrected chi connectivity index (χ4v) is 2.37. The van der Waals surface area contributed by atoms with Gasteiger partial charge in [0.15, 0.2) is 23.0 Å². The predicted octanol–water partition coefficient (Wildman–Crippen LogP) is 4.01. The largest absolute Gasteiger partial charge is 0.504 e. The summed E-state index contributed by atoms with van der Waals surface area (Å²) < 4.78 is 10.9. The van der Waals surface area contributed by atoms with Crippen molar-refractivity contribution in [3.63, 3.8) is 0 Å². The second-order valence-electron chi connectivity index (χ2n) is 4.97. The summed E-state index contributed by atoms with van der Waals surface area (Å²) in [5.41, 5.74) is 1.91. The molecule has 0 aliphatic carbocycles. The van der Waals surface area contributed by atoms with Gasteiger partial charge in [-0.1, -0.05) is 0 Å². The second-order valence-corrected chi connectivity index (χ2v) is 4.97. The first-order valence-electron chi connectivity index (χ1n) is 6.92. The molecular weight excluding hydrogens is 296 g/mol. The van der Waals surface area contributed by atoms with Crippen molar-refractivity contribution in [1.29, 1.82) is 0 Å². The highest BCUT2D eigenvalue weighted by Gasteiger charge is 2.19. The molecule has 0 atom stereocenters. The van der Waals surface area contributed by atoms with E-state index < -0.39 is 0 Å². The van der Waals surface area contributed by atoms with Crippen molar-refractivity contribution in [3.8, 4) is 45.8 Å². The van der Waals surface area contributed by atoms with Crippen LogP contribution in [-0.4, -0.2) is 20.2 Å². The minimum atomic E-state index is -0.210. The summed E-state index contributed by atoms with van der Waals surface area (Å²) >= 11 is 0. The van der Waals surface area contributed by atoms with E-state index in [-0.39, 0.29) is 11.5 Å². The second kappa shape index (κ2) is 5.10. The number of H-pyrrole nitrogens is 1. The van der Waals surface area contributed by atoms with Gasteiger partial charge in [0.2, 0.25) is 0 Å². The molecule has 4 rings (SSSR count). The van der Waals surface area contributed by atoms with E-state index in [4.69, 9.17) is 8.83 Å². The lowest BCUT2D eigenvalue weighted by atomic mass is 10.2. The lowest BCUT2D eigenvalue weighted by Gasteiger charge is -2.00. The molecule has 0 aliphatic heterocycles. The standard InChI is InChI=1S/C17H12N2O4/c20-11-6-5-10(9-12(11)21)17-18-15(13-3-1-7-22-13)16(19-17)14-4-2-8-23-14/h1-9,20-21H,(H,18,19). The van der Waals surface area contributed by atoms with E-state index in [1.165, 1.54) is 12.1 Å². The Morgan fingerprint density at radius 1 is 0.870 bits per heavy atom. The van der Waals surface area contributed by atoms with Crippen molar-refractivity contribution in [1.82, 2.24) is 9.97 Å². The molecule has 0 unspecified atom stereocenters. The minimum absolute atomic E-state index is 0.183. The topological polar surface area (TPSA) is 95.4 Å². The molecule has 4 aromatic rings. The molecule has 23 heavy (non-hydrogen) atoms. The van der Waals surface area contributed by atoms with Crippen molar-refractivity contribution in [3.05, 3.63) is 55.0 Å². The molecule has 1 aromatic carbocycles. The predicted molar refractivity (Wildman–Crippen MR) is 82.8 cm³/mol.